The van der Waals surface area contributed by atoms with Gasteiger partial charge in [0.25, 0.3) is 0 Å². The van der Waals surface area contributed by atoms with Gasteiger partial charge in [-0.2, -0.15) is 5.10 Å². The second kappa shape index (κ2) is 7.73. The highest BCUT2D eigenvalue weighted by Gasteiger charge is 2.21. The number of benzene rings is 1. The van der Waals surface area contributed by atoms with Crippen LogP contribution < -0.4 is 5.32 Å². The van der Waals surface area contributed by atoms with Crippen molar-refractivity contribution in [1.29, 1.82) is 0 Å². The first-order valence-electron chi connectivity index (χ1n) is 8.88. The molecule has 1 unspecified atom stereocenters. The average Bonchev–Trinajstić information content (AvgIpc) is 3.15. The molecule has 1 N–H and O–H groups in total. The van der Waals surface area contributed by atoms with Crippen LogP contribution in [0.5, 0.6) is 0 Å². The largest absolute Gasteiger partial charge is 0.342 e. The number of carbonyl (C=O) groups excluding carboxylic acids is 1. The van der Waals surface area contributed by atoms with Crippen LogP contribution in [0.15, 0.2) is 36.7 Å². The van der Waals surface area contributed by atoms with Crippen molar-refractivity contribution in [2.75, 3.05) is 0 Å². The van der Waals surface area contributed by atoms with Crippen LogP contribution in [0.4, 0.5) is 4.39 Å². The number of amides is 1. The first-order chi connectivity index (χ1) is 12.9. The molecule has 0 saturated heterocycles. The second-order valence-electron chi connectivity index (χ2n) is 6.72. The summed E-state index contributed by atoms with van der Waals surface area (Å²) in [5.41, 5.74) is 3.90. The fourth-order valence-electron chi connectivity index (χ4n) is 3.26. The molecule has 3 aromatic rings. The summed E-state index contributed by atoms with van der Waals surface area (Å²) in [7, 11) is 3.77. The Hall–Kier alpha value is -2.96. The van der Waals surface area contributed by atoms with Crippen LogP contribution >= 0.6 is 0 Å². The molecule has 2 heterocycles. The van der Waals surface area contributed by atoms with Crippen LogP contribution in [-0.2, 0) is 25.3 Å². The van der Waals surface area contributed by atoms with Crippen molar-refractivity contribution >= 4 is 5.91 Å². The molecule has 0 bridgehead atoms. The third-order valence-corrected chi connectivity index (χ3v) is 4.89. The maximum absolute atomic E-state index is 13.3. The SMILES string of the molecule is Cc1nn(C)c(C)c1CCC(=O)NC(c1ccc(F)cc1)c1nccn1C. The van der Waals surface area contributed by atoms with Crippen molar-refractivity contribution in [3.05, 3.63) is 70.8 Å². The predicted molar refractivity (Wildman–Crippen MR) is 101 cm³/mol. The van der Waals surface area contributed by atoms with E-state index >= 15 is 0 Å². The molecule has 6 nitrogen and oxygen atoms in total. The average molecular weight is 369 g/mol. The van der Waals surface area contributed by atoms with Crippen LogP contribution in [0.1, 0.15) is 40.8 Å². The summed E-state index contributed by atoms with van der Waals surface area (Å²) < 4.78 is 17.0. The molecular formula is C20H24FN5O. The van der Waals surface area contributed by atoms with Crippen molar-refractivity contribution < 1.29 is 9.18 Å². The minimum Gasteiger partial charge on any atom is -0.342 e. The zero-order chi connectivity index (χ0) is 19.6. The normalized spacial score (nSPS) is 12.2. The van der Waals surface area contributed by atoms with E-state index in [1.54, 1.807) is 18.3 Å². The number of nitrogens with one attached hydrogen (secondary N) is 1. The fourth-order valence-corrected chi connectivity index (χ4v) is 3.26. The molecule has 2 aromatic heterocycles. The van der Waals surface area contributed by atoms with Gasteiger partial charge in [-0.25, -0.2) is 9.37 Å². The van der Waals surface area contributed by atoms with Gasteiger partial charge in [0.05, 0.1) is 5.69 Å². The summed E-state index contributed by atoms with van der Waals surface area (Å²) in [6, 6.07) is 5.68. The lowest BCUT2D eigenvalue weighted by molar-refractivity contribution is -0.121. The number of imidazole rings is 1. The summed E-state index contributed by atoms with van der Waals surface area (Å²) in [4.78, 5) is 17.0. The fraction of sp³-hybridized carbons (Fsp3) is 0.350. The Bertz CT molecular complexity index is 942. The highest BCUT2D eigenvalue weighted by Crippen LogP contribution is 2.21. The minimum absolute atomic E-state index is 0.0880. The Morgan fingerprint density at radius 2 is 1.93 bits per heavy atom. The van der Waals surface area contributed by atoms with Crippen molar-refractivity contribution in [3.63, 3.8) is 0 Å². The van der Waals surface area contributed by atoms with Gasteiger partial charge < -0.3 is 9.88 Å². The molecular weight excluding hydrogens is 345 g/mol. The van der Waals surface area contributed by atoms with E-state index in [-0.39, 0.29) is 11.7 Å². The molecule has 1 amide bonds. The Morgan fingerprint density at radius 3 is 2.48 bits per heavy atom. The lowest BCUT2D eigenvalue weighted by atomic mass is 10.0. The third kappa shape index (κ3) is 4.07. The summed E-state index contributed by atoms with van der Waals surface area (Å²) in [6.45, 7) is 3.96. The number of nitrogens with zero attached hydrogens (tertiary/aromatic N) is 4. The Kier molecular flexibility index (Phi) is 5.39. The van der Waals surface area contributed by atoms with E-state index in [1.807, 2.05) is 43.4 Å². The number of hydrogen-bond acceptors (Lipinski definition) is 3. The number of carbonyl (C=O) groups is 1. The molecule has 0 aliphatic carbocycles. The van der Waals surface area contributed by atoms with E-state index in [4.69, 9.17) is 0 Å². The van der Waals surface area contributed by atoms with Gasteiger partial charge >= 0.3 is 0 Å². The van der Waals surface area contributed by atoms with Gasteiger partial charge in [-0.1, -0.05) is 12.1 Å². The molecule has 0 saturated carbocycles. The summed E-state index contributed by atoms with van der Waals surface area (Å²) >= 11 is 0. The lowest BCUT2D eigenvalue weighted by Gasteiger charge is -2.19. The van der Waals surface area contributed by atoms with Gasteiger partial charge in [0.1, 0.15) is 17.7 Å². The van der Waals surface area contributed by atoms with Gasteiger partial charge in [-0.15, -0.1) is 0 Å². The molecule has 0 radical (unpaired) electrons. The molecule has 27 heavy (non-hydrogen) atoms. The van der Waals surface area contributed by atoms with Gasteiger partial charge in [0.15, 0.2) is 0 Å². The Morgan fingerprint density at radius 1 is 1.22 bits per heavy atom. The van der Waals surface area contributed by atoms with Gasteiger partial charge in [-0.3, -0.25) is 9.48 Å². The van der Waals surface area contributed by atoms with Crippen LogP contribution in [0.2, 0.25) is 0 Å². The van der Waals surface area contributed by atoms with E-state index in [9.17, 15) is 9.18 Å². The maximum atomic E-state index is 13.3. The molecule has 142 valence electrons. The third-order valence-electron chi connectivity index (χ3n) is 4.89. The quantitative estimate of drug-likeness (QED) is 0.727. The summed E-state index contributed by atoms with van der Waals surface area (Å²) in [5.74, 6) is 0.296. The van der Waals surface area contributed by atoms with Crippen molar-refractivity contribution in [1.82, 2.24) is 24.6 Å². The molecule has 0 aliphatic heterocycles. The summed E-state index contributed by atoms with van der Waals surface area (Å²) in [6.07, 6.45) is 4.46. The van der Waals surface area contributed by atoms with E-state index in [0.29, 0.717) is 18.7 Å². The van der Waals surface area contributed by atoms with E-state index in [0.717, 1.165) is 22.5 Å². The van der Waals surface area contributed by atoms with Crippen LogP contribution in [-0.4, -0.2) is 25.2 Å². The number of hydrogen-bond donors (Lipinski definition) is 1. The van der Waals surface area contributed by atoms with E-state index in [1.165, 1.54) is 12.1 Å². The molecule has 1 aromatic carbocycles. The van der Waals surface area contributed by atoms with Crippen LogP contribution in [0.25, 0.3) is 0 Å². The number of halogens is 1. The number of aryl methyl sites for hydroxylation is 3. The molecule has 7 heteroatoms. The van der Waals surface area contributed by atoms with Crippen molar-refractivity contribution in [2.45, 2.75) is 32.7 Å². The zero-order valence-electron chi connectivity index (χ0n) is 16.0. The Labute approximate surface area is 158 Å². The van der Waals surface area contributed by atoms with Gasteiger partial charge in [0.2, 0.25) is 5.91 Å². The highest BCUT2D eigenvalue weighted by atomic mass is 19.1. The highest BCUT2D eigenvalue weighted by molar-refractivity contribution is 5.77. The maximum Gasteiger partial charge on any atom is 0.221 e. The van der Waals surface area contributed by atoms with Crippen molar-refractivity contribution in [2.24, 2.45) is 14.1 Å². The molecule has 0 aliphatic rings. The minimum atomic E-state index is -0.436. The summed E-state index contributed by atoms with van der Waals surface area (Å²) in [5, 5.41) is 7.43. The van der Waals surface area contributed by atoms with Crippen molar-refractivity contribution in [3.8, 4) is 0 Å². The molecule has 3 rings (SSSR count). The van der Waals surface area contributed by atoms with Gasteiger partial charge in [0, 0.05) is 38.6 Å². The molecule has 0 spiro atoms. The predicted octanol–water partition coefficient (Wildman–Crippen LogP) is 2.75. The standard InChI is InChI=1S/C20H24FN5O/c1-13-17(14(2)26(4)24-13)9-10-18(27)23-19(20-22-11-12-25(20)3)15-5-7-16(21)8-6-15/h5-8,11-12,19H,9-10H2,1-4H3,(H,23,27). The Balaban J connectivity index is 1.76. The van der Waals surface area contributed by atoms with Crippen LogP contribution in [0.3, 0.4) is 0 Å². The topological polar surface area (TPSA) is 64.7 Å². The second-order valence-corrected chi connectivity index (χ2v) is 6.72. The molecule has 1 atom stereocenters. The number of rotatable bonds is 6. The first kappa shape index (κ1) is 18.8. The van der Waals surface area contributed by atoms with E-state index < -0.39 is 6.04 Å². The van der Waals surface area contributed by atoms with Crippen LogP contribution in [0, 0.1) is 19.7 Å². The molecule has 0 fully saturated rings. The first-order valence-corrected chi connectivity index (χ1v) is 8.88. The zero-order valence-corrected chi connectivity index (χ0v) is 16.0. The monoisotopic (exact) mass is 369 g/mol. The van der Waals surface area contributed by atoms with E-state index in [2.05, 4.69) is 15.4 Å². The smallest absolute Gasteiger partial charge is 0.221 e. The van der Waals surface area contributed by atoms with Gasteiger partial charge in [-0.05, 0) is 43.5 Å². The lowest BCUT2D eigenvalue weighted by Crippen LogP contribution is -2.31. The number of aromatic nitrogens is 4.